The van der Waals surface area contributed by atoms with Gasteiger partial charge in [-0.1, -0.05) is 4.89 Å². The lowest BCUT2D eigenvalue weighted by molar-refractivity contribution is 0.102. The van der Waals surface area contributed by atoms with Crippen molar-refractivity contribution in [1.82, 2.24) is 9.87 Å². The highest BCUT2D eigenvalue weighted by atomic mass is 32.2. The Labute approximate surface area is 157 Å². The van der Waals surface area contributed by atoms with Crippen LogP contribution in [0.1, 0.15) is 10.4 Å². The van der Waals surface area contributed by atoms with E-state index in [0.29, 0.717) is 24.6 Å². The number of benzene rings is 1. The maximum absolute atomic E-state index is 12.3. The van der Waals surface area contributed by atoms with E-state index >= 15 is 0 Å². The predicted octanol–water partition coefficient (Wildman–Crippen LogP) is 1.01. The van der Waals surface area contributed by atoms with Crippen molar-refractivity contribution >= 4 is 27.4 Å². The van der Waals surface area contributed by atoms with E-state index in [1.54, 1.807) is 12.3 Å². The molecule has 27 heavy (non-hydrogen) atoms. The molecule has 1 saturated heterocycles. The smallest absolute Gasteiger partial charge is 0.262 e. The normalized spacial score (nSPS) is 14.8. The Morgan fingerprint density at radius 1 is 1.15 bits per heavy atom. The van der Waals surface area contributed by atoms with Crippen molar-refractivity contribution in [2.24, 2.45) is 0 Å². The Hall–Kier alpha value is -2.53. The first-order chi connectivity index (χ1) is 13.0. The van der Waals surface area contributed by atoms with Gasteiger partial charge in [0, 0.05) is 18.7 Å². The van der Waals surface area contributed by atoms with Crippen molar-refractivity contribution in [1.29, 1.82) is 0 Å². The van der Waals surface area contributed by atoms with E-state index in [1.807, 2.05) is 11.0 Å². The van der Waals surface area contributed by atoms with Crippen molar-refractivity contribution in [3.63, 3.8) is 0 Å². The minimum Gasteiger partial charge on any atom is -0.378 e. The summed E-state index contributed by atoms with van der Waals surface area (Å²) in [5.74, 6) is 0.0278. The van der Waals surface area contributed by atoms with E-state index in [2.05, 4.69) is 20.0 Å². The minimum atomic E-state index is -3.76. The number of sulfonamides is 1. The third-order valence-electron chi connectivity index (χ3n) is 3.99. The first-order valence-electron chi connectivity index (χ1n) is 8.24. The lowest BCUT2D eigenvalue weighted by Crippen LogP contribution is -2.36. The van der Waals surface area contributed by atoms with Gasteiger partial charge in [-0.3, -0.25) is 9.63 Å². The van der Waals surface area contributed by atoms with Gasteiger partial charge < -0.3 is 15.0 Å². The molecule has 2 aromatic rings. The van der Waals surface area contributed by atoms with Gasteiger partial charge in [0.15, 0.2) is 0 Å². The van der Waals surface area contributed by atoms with Crippen molar-refractivity contribution < 1.29 is 22.8 Å². The van der Waals surface area contributed by atoms with Crippen LogP contribution in [-0.4, -0.2) is 52.7 Å². The standard InChI is InChI=1S/C17H20N4O5S/c1-25-20-27(23,24)15-5-2-13(3-6-15)17(22)19-16-7-4-14(12-18-16)21-8-10-26-11-9-21/h2-7,12,20H,8-11H2,1H3,(H,18,19,22). The second-order valence-corrected chi connectivity index (χ2v) is 7.42. The summed E-state index contributed by atoms with van der Waals surface area (Å²) < 4.78 is 28.9. The lowest BCUT2D eigenvalue weighted by atomic mass is 10.2. The fourth-order valence-corrected chi connectivity index (χ4v) is 3.41. The van der Waals surface area contributed by atoms with Crippen LogP contribution in [0.15, 0.2) is 47.5 Å². The van der Waals surface area contributed by atoms with E-state index in [-0.39, 0.29) is 10.8 Å². The third-order valence-corrected chi connectivity index (χ3v) is 5.26. The Morgan fingerprint density at radius 3 is 2.44 bits per heavy atom. The van der Waals surface area contributed by atoms with Crippen LogP contribution in [-0.2, 0) is 19.6 Å². The molecule has 0 aliphatic carbocycles. The summed E-state index contributed by atoms with van der Waals surface area (Å²) in [4.78, 5) is 25.1. The predicted molar refractivity (Wildman–Crippen MR) is 99.0 cm³/mol. The van der Waals surface area contributed by atoms with Gasteiger partial charge in [-0.2, -0.15) is 0 Å². The number of anilines is 2. The molecule has 1 aromatic heterocycles. The number of hydrogen-bond acceptors (Lipinski definition) is 7. The third kappa shape index (κ3) is 4.80. The molecule has 0 radical (unpaired) electrons. The highest BCUT2D eigenvalue weighted by Gasteiger charge is 2.15. The van der Waals surface area contributed by atoms with Crippen molar-refractivity contribution in [3.8, 4) is 0 Å². The van der Waals surface area contributed by atoms with E-state index in [9.17, 15) is 13.2 Å². The SMILES string of the molecule is CONS(=O)(=O)c1ccc(C(=O)Nc2ccc(N3CCOCC3)cn2)cc1. The minimum absolute atomic E-state index is 0.00566. The molecule has 1 aromatic carbocycles. The average molecular weight is 392 g/mol. The molecule has 1 aliphatic heterocycles. The van der Waals surface area contributed by atoms with Crippen LogP contribution in [0.25, 0.3) is 0 Å². The first-order valence-corrected chi connectivity index (χ1v) is 9.73. The molecule has 144 valence electrons. The molecular weight excluding hydrogens is 372 g/mol. The van der Waals surface area contributed by atoms with Crippen LogP contribution in [0.5, 0.6) is 0 Å². The van der Waals surface area contributed by atoms with Gasteiger partial charge >= 0.3 is 0 Å². The average Bonchev–Trinajstić information content (AvgIpc) is 2.69. The highest BCUT2D eigenvalue weighted by Crippen LogP contribution is 2.17. The van der Waals surface area contributed by atoms with Gasteiger partial charge in [0.2, 0.25) is 0 Å². The number of amides is 1. The Kier molecular flexibility index (Phi) is 6.01. The molecule has 3 rings (SSSR count). The maximum Gasteiger partial charge on any atom is 0.262 e. The van der Waals surface area contributed by atoms with Crippen LogP contribution in [0.2, 0.25) is 0 Å². The number of aromatic nitrogens is 1. The molecule has 10 heteroatoms. The molecule has 0 saturated carbocycles. The zero-order chi connectivity index (χ0) is 19.3. The van der Waals surface area contributed by atoms with E-state index < -0.39 is 10.0 Å². The fraction of sp³-hybridized carbons (Fsp3) is 0.294. The largest absolute Gasteiger partial charge is 0.378 e. The van der Waals surface area contributed by atoms with E-state index in [4.69, 9.17) is 4.74 Å². The van der Waals surface area contributed by atoms with Crippen molar-refractivity contribution in [3.05, 3.63) is 48.2 Å². The first kappa shape index (κ1) is 19.2. The van der Waals surface area contributed by atoms with Gasteiger partial charge in [0.05, 0.1) is 37.1 Å². The number of morpholine rings is 1. The van der Waals surface area contributed by atoms with Crippen LogP contribution in [0, 0.1) is 0 Å². The summed E-state index contributed by atoms with van der Waals surface area (Å²) in [6.45, 7) is 2.98. The number of ether oxygens (including phenoxy) is 1. The Balaban J connectivity index is 1.64. The molecule has 1 fully saturated rings. The molecule has 0 bridgehead atoms. The summed E-state index contributed by atoms with van der Waals surface area (Å²) in [7, 11) is -2.55. The Morgan fingerprint density at radius 2 is 1.85 bits per heavy atom. The topological polar surface area (TPSA) is 110 Å². The number of nitrogens with one attached hydrogen (secondary N) is 2. The summed E-state index contributed by atoms with van der Waals surface area (Å²) in [6.07, 6.45) is 1.70. The molecule has 1 amide bonds. The van der Waals surface area contributed by atoms with Gasteiger partial charge in [-0.25, -0.2) is 13.4 Å². The molecule has 9 nitrogen and oxygen atoms in total. The molecule has 1 aliphatic rings. The van der Waals surface area contributed by atoms with Gasteiger partial charge in [0.25, 0.3) is 15.9 Å². The van der Waals surface area contributed by atoms with E-state index in [0.717, 1.165) is 18.8 Å². The molecule has 0 spiro atoms. The number of pyridine rings is 1. The second-order valence-electron chi connectivity index (χ2n) is 5.77. The molecule has 0 unspecified atom stereocenters. The number of nitrogens with zero attached hydrogens (tertiary/aromatic N) is 2. The van der Waals surface area contributed by atoms with Gasteiger partial charge in [-0.15, -0.1) is 0 Å². The zero-order valence-corrected chi connectivity index (χ0v) is 15.5. The van der Waals surface area contributed by atoms with Crippen molar-refractivity contribution in [2.45, 2.75) is 4.90 Å². The molecule has 2 heterocycles. The van der Waals surface area contributed by atoms with Crippen LogP contribution in [0.3, 0.4) is 0 Å². The number of carbonyl (C=O) groups excluding carboxylic acids is 1. The van der Waals surface area contributed by atoms with Crippen LogP contribution < -0.4 is 15.1 Å². The molecule has 2 N–H and O–H groups in total. The summed E-state index contributed by atoms with van der Waals surface area (Å²) in [5, 5.41) is 2.69. The van der Waals surface area contributed by atoms with Gasteiger partial charge in [0.1, 0.15) is 5.82 Å². The maximum atomic E-state index is 12.3. The lowest BCUT2D eigenvalue weighted by Gasteiger charge is -2.28. The fourth-order valence-electron chi connectivity index (χ4n) is 2.60. The van der Waals surface area contributed by atoms with Gasteiger partial charge in [-0.05, 0) is 36.4 Å². The van der Waals surface area contributed by atoms with Crippen molar-refractivity contribution in [2.75, 3.05) is 43.6 Å². The Bertz CT molecular complexity index is 879. The summed E-state index contributed by atoms with van der Waals surface area (Å²) >= 11 is 0. The highest BCUT2D eigenvalue weighted by molar-refractivity contribution is 7.89. The zero-order valence-electron chi connectivity index (χ0n) is 14.7. The quantitative estimate of drug-likeness (QED) is 0.706. The summed E-state index contributed by atoms with van der Waals surface area (Å²) in [5.41, 5.74) is 1.28. The molecule has 0 atom stereocenters. The molecular formula is C17H20N4O5S. The van der Waals surface area contributed by atoms with E-state index in [1.165, 1.54) is 31.4 Å². The monoisotopic (exact) mass is 392 g/mol. The number of hydrogen-bond donors (Lipinski definition) is 2. The second kappa shape index (κ2) is 8.44. The summed E-state index contributed by atoms with van der Waals surface area (Å²) in [6, 6.07) is 9.10. The number of rotatable bonds is 6. The number of carbonyl (C=O) groups is 1. The van der Waals surface area contributed by atoms with Crippen LogP contribution in [0.4, 0.5) is 11.5 Å². The van der Waals surface area contributed by atoms with Crippen LogP contribution >= 0.6 is 0 Å².